The first-order chi connectivity index (χ1) is 16.5. The van der Waals surface area contributed by atoms with Gasteiger partial charge in [-0.25, -0.2) is 0 Å². The van der Waals surface area contributed by atoms with E-state index in [-0.39, 0.29) is 23.3 Å². The molecule has 0 aliphatic carbocycles. The molecule has 35 heavy (non-hydrogen) atoms. The minimum Gasteiger partial charge on any atom is -0.488 e. The lowest BCUT2D eigenvalue weighted by molar-refractivity contribution is -0.139. The van der Waals surface area contributed by atoms with Crippen LogP contribution >= 0.6 is 0 Å². The lowest BCUT2D eigenvalue weighted by atomic mass is 10.0. The minimum absolute atomic E-state index is 0.115. The van der Waals surface area contributed by atoms with Crippen molar-refractivity contribution in [2.75, 3.05) is 18.4 Å². The van der Waals surface area contributed by atoms with Crippen LogP contribution in [-0.2, 0) is 15.8 Å². The fourth-order valence-electron chi connectivity index (χ4n) is 3.70. The maximum Gasteiger partial charge on any atom is 0.419 e. The van der Waals surface area contributed by atoms with Crippen LogP contribution < -0.4 is 26.4 Å². The molecule has 0 spiro atoms. The summed E-state index contributed by atoms with van der Waals surface area (Å²) in [5.41, 5.74) is 5.61. The first-order valence-electron chi connectivity index (χ1n) is 11.1. The molecule has 8 nitrogen and oxygen atoms in total. The number of anilines is 1. The number of alkyl halides is 3. The third-order valence-electron chi connectivity index (χ3n) is 5.53. The van der Waals surface area contributed by atoms with Crippen molar-refractivity contribution in [2.24, 2.45) is 5.73 Å². The monoisotopic (exact) mass is 491 g/mol. The fraction of sp³-hybridized carbons (Fsp3) is 0.375. The summed E-state index contributed by atoms with van der Waals surface area (Å²) in [4.78, 5) is 24.5. The summed E-state index contributed by atoms with van der Waals surface area (Å²) in [5.74, 6) is -1.59. The van der Waals surface area contributed by atoms with Gasteiger partial charge >= 0.3 is 6.18 Å². The van der Waals surface area contributed by atoms with Crippen molar-refractivity contribution in [1.29, 1.82) is 5.41 Å². The highest BCUT2D eigenvalue weighted by atomic mass is 19.4. The van der Waals surface area contributed by atoms with E-state index < -0.39 is 36.0 Å². The molecule has 1 heterocycles. The van der Waals surface area contributed by atoms with Crippen molar-refractivity contribution >= 4 is 23.3 Å². The van der Waals surface area contributed by atoms with E-state index in [2.05, 4.69) is 16.0 Å². The van der Waals surface area contributed by atoms with Gasteiger partial charge in [-0.1, -0.05) is 6.07 Å². The van der Waals surface area contributed by atoms with E-state index in [0.717, 1.165) is 19.0 Å². The molecule has 0 aromatic heterocycles. The van der Waals surface area contributed by atoms with Crippen molar-refractivity contribution in [3.63, 3.8) is 0 Å². The van der Waals surface area contributed by atoms with Crippen LogP contribution in [0.4, 0.5) is 18.9 Å². The molecule has 11 heteroatoms. The summed E-state index contributed by atoms with van der Waals surface area (Å²) in [7, 11) is 0. The SMILES string of the molecule is CC(NC(=O)CC(=O)Nc1ccc(C(=N)N)cc1)c1ccc(OC2CCCNC2)c(C(F)(F)F)c1. The van der Waals surface area contributed by atoms with Gasteiger partial charge in [-0.15, -0.1) is 0 Å². The fourth-order valence-corrected chi connectivity index (χ4v) is 3.70. The zero-order valence-corrected chi connectivity index (χ0v) is 19.2. The summed E-state index contributed by atoms with van der Waals surface area (Å²) >= 11 is 0. The van der Waals surface area contributed by atoms with Gasteiger partial charge in [0, 0.05) is 17.8 Å². The van der Waals surface area contributed by atoms with Gasteiger partial charge in [-0.3, -0.25) is 15.0 Å². The van der Waals surface area contributed by atoms with E-state index in [1.54, 1.807) is 24.3 Å². The molecule has 1 aliphatic rings. The molecule has 0 bridgehead atoms. The van der Waals surface area contributed by atoms with Crippen LogP contribution in [0.2, 0.25) is 0 Å². The second kappa shape index (κ2) is 11.2. The number of carbonyl (C=O) groups is 2. The van der Waals surface area contributed by atoms with Crippen LogP contribution in [0.25, 0.3) is 0 Å². The van der Waals surface area contributed by atoms with Crippen molar-refractivity contribution in [2.45, 2.75) is 44.5 Å². The van der Waals surface area contributed by atoms with Crippen molar-refractivity contribution in [3.05, 3.63) is 59.2 Å². The number of hydrogen-bond acceptors (Lipinski definition) is 5. The Morgan fingerprint density at radius 3 is 2.51 bits per heavy atom. The number of halogens is 3. The van der Waals surface area contributed by atoms with Crippen LogP contribution in [0.15, 0.2) is 42.5 Å². The molecule has 1 fully saturated rings. The van der Waals surface area contributed by atoms with Crippen LogP contribution in [-0.4, -0.2) is 36.8 Å². The minimum atomic E-state index is -4.63. The number of hydrogen-bond donors (Lipinski definition) is 5. The number of nitrogen functional groups attached to an aromatic ring is 1. The molecule has 6 N–H and O–H groups in total. The zero-order valence-electron chi connectivity index (χ0n) is 19.2. The summed E-state index contributed by atoms with van der Waals surface area (Å²) < 4.78 is 46.7. The Labute approximate surface area is 200 Å². The second-order valence-electron chi connectivity index (χ2n) is 8.34. The first kappa shape index (κ1) is 26.0. The highest BCUT2D eigenvalue weighted by molar-refractivity contribution is 6.04. The van der Waals surface area contributed by atoms with Gasteiger partial charge in [-0.2, -0.15) is 13.2 Å². The van der Waals surface area contributed by atoms with Crippen molar-refractivity contribution in [3.8, 4) is 5.75 Å². The Hall–Kier alpha value is -3.60. The number of carbonyl (C=O) groups excluding carboxylic acids is 2. The molecule has 2 aromatic rings. The van der Waals surface area contributed by atoms with Gasteiger partial charge in [0.2, 0.25) is 11.8 Å². The Balaban J connectivity index is 1.61. The van der Waals surface area contributed by atoms with E-state index in [1.165, 1.54) is 19.1 Å². The van der Waals surface area contributed by atoms with Crippen molar-refractivity contribution < 1.29 is 27.5 Å². The number of piperidine rings is 1. The first-order valence-corrected chi connectivity index (χ1v) is 11.1. The molecule has 2 amide bonds. The molecule has 3 rings (SSSR count). The van der Waals surface area contributed by atoms with E-state index in [4.69, 9.17) is 15.9 Å². The standard InChI is InChI=1S/C24H28F3N5O3/c1-14(31-21(33)12-22(34)32-17-7-4-15(5-8-17)23(28)29)16-6-9-20(19(11-16)24(25,26)27)35-18-3-2-10-30-13-18/h4-9,11,14,18,30H,2-3,10,12-13H2,1H3,(H3,28,29)(H,31,33)(H,32,34). The smallest absolute Gasteiger partial charge is 0.419 e. The number of rotatable bonds is 8. The molecule has 0 saturated carbocycles. The van der Waals surface area contributed by atoms with Crippen LogP contribution in [0, 0.1) is 5.41 Å². The molecule has 1 aliphatic heterocycles. The number of nitrogens with one attached hydrogen (secondary N) is 4. The number of benzene rings is 2. The van der Waals surface area contributed by atoms with E-state index >= 15 is 0 Å². The molecule has 2 unspecified atom stereocenters. The summed E-state index contributed by atoms with van der Waals surface area (Å²) in [6.07, 6.45) is -3.99. The molecule has 188 valence electrons. The Kier molecular flexibility index (Phi) is 8.34. The highest BCUT2D eigenvalue weighted by Crippen LogP contribution is 2.38. The molecule has 0 radical (unpaired) electrons. The quantitative estimate of drug-likeness (QED) is 0.220. The molecule has 2 aromatic carbocycles. The Bertz CT molecular complexity index is 1070. The van der Waals surface area contributed by atoms with Crippen LogP contribution in [0.1, 0.15) is 48.9 Å². The predicted molar refractivity (Wildman–Crippen MR) is 125 cm³/mol. The van der Waals surface area contributed by atoms with Gasteiger partial charge in [-0.05, 0) is 68.3 Å². The summed E-state index contributed by atoms with van der Waals surface area (Å²) in [6, 6.07) is 9.13. The maximum atomic E-state index is 13.7. The maximum absolute atomic E-state index is 13.7. The van der Waals surface area contributed by atoms with E-state index in [9.17, 15) is 22.8 Å². The Morgan fingerprint density at radius 2 is 1.91 bits per heavy atom. The van der Waals surface area contributed by atoms with Crippen LogP contribution in [0.5, 0.6) is 5.75 Å². The van der Waals surface area contributed by atoms with Crippen molar-refractivity contribution in [1.82, 2.24) is 10.6 Å². The third-order valence-corrected chi connectivity index (χ3v) is 5.53. The highest BCUT2D eigenvalue weighted by Gasteiger charge is 2.36. The topological polar surface area (TPSA) is 129 Å². The number of ether oxygens (including phenoxy) is 1. The Morgan fingerprint density at radius 1 is 1.20 bits per heavy atom. The second-order valence-corrected chi connectivity index (χ2v) is 8.34. The zero-order chi connectivity index (χ0) is 25.6. The molecule has 2 atom stereocenters. The summed E-state index contributed by atoms with van der Waals surface area (Å²) in [5, 5.41) is 15.6. The van der Waals surface area contributed by atoms with Gasteiger partial charge < -0.3 is 26.4 Å². The van der Waals surface area contributed by atoms with Gasteiger partial charge in [0.05, 0.1) is 11.6 Å². The largest absolute Gasteiger partial charge is 0.488 e. The molecule has 1 saturated heterocycles. The number of amides is 2. The number of amidine groups is 1. The number of nitrogens with two attached hydrogens (primary N) is 1. The van der Waals surface area contributed by atoms with E-state index in [0.29, 0.717) is 24.2 Å². The van der Waals surface area contributed by atoms with Crippen LogP contribution in [0.3, 0.4) is 0 Å². The predicted octanol–water partition coefficient (Wildman–Crippen LogP) is 3.33. The van der Waals surface area contributed by atoms with Gasteiger partial charge in [0.1, 0.15) is 24.1 Å². The summed E-state index contributed by atoms with van der Waals surface area (Å²) in [6.45, 7) is 2.83. The molecular formula is C24H28F3N5O3. The normalized spacial score (nSPS) is 16.7. The average molecular weight is 492 g/mol. The van der Waals surface area contributed by atoms with Gasteiger partial charge in [0.25, 0.3) is 0 Å². The third kappa shape index (κ3) is 7.44. The lowest BCUT2D eigenvalue weighted by Gasteiger charge is -2.26. The average Bonchev–Trinajstić information content (AvgIpc) is 2.79. The molecular weight excluding hydrogens is 463 g/mol. The van der Waals surface area contributed by atoms with E-state index in [1.807, 2.05) is 0 Å². The van der Waals surface area contributed by atoms with Gasteiger partial charge in [0.15, 0.2) is 0 Å². The lowest BCUT2D eigenvalue weighted by Crippen LogP contribution is -2.37.